The molecule has 0 aromatic heterocycles. The largest absolute Gasteiger partial charge is 0.298 e. The van der Waals surface area contributed by atoms with Gasteiger partial charge in [0, 0.05) is 18.2 Å². The summed E-state index contributed by atoms with van der Waals surface area (Å²) in [4.78, 5) is 2.33. The molecule has 0 heterocycles. The summed E-state index contributed by atoms with van der Waals surface area (Å²) in [6.07, 6.45) is 1.69. The van der Waals surface area contributed by atoms with Crippen LogP contribution in [0.15, 0.2) is 18.2 Å². The van der Waals surface area contributed by atoms with Gasteiger partial charge in [-0.3, -0.25) is 4.90 Å². The number of hydrogen-bond donors (Lipinski definition) is 0. The van der Waals surface area contributed by atoms with Gasteiger partial charge < -0.3 is 0 Å². The molecule has 18 heavy (non-hydrogen) atoms. The van der Waals surface area contributed by atoms with Crippen molar-refractivity contribution >= 4 is 0 Å². The van der Waals surface area contributed by atoms with Crippen LogP contribution in [0.25, 0.3) is 0 Å². The number of hydrogen-bond acceptors (Lipinski definition) is 1. The van der Waals surface area contributed by atoms with E-state index in [1.165, 1.54) is 12.1 Å². The van der Waals surface area contributed by atoms with Crippen molar-refractivity contribution in [1.82, 2.24) is 4.90 Å². The van der Waals surface area contributed by atoms with E-state index in [0.29, 0.717) is 12.0 Å². The molecule has 1 rings (SSSR count). The Morgan fingerprint density at radius 3 is 2.28 bits per heavy atom. The monoisotopic (exact) mass is 255 g/mol. The highest BCUT2D eigenvalue weighted by atomic mass is 19.1. The second-order valence-electron chi connectivity index (χ2n) is 5.64. The van der Waals surface area contributed by atoms with Crippen molar-refractivity contribution in [2.45, 2.75) is 46.1 Å². The highest BCUT2D eigenvalue weighted by molar-refractivity contribution is 5.18. The molecule has 0 aliphatic heterocycles. The molecular formula is C15H23F2N. The fourth-order valence-electron chi connectivity index (χ4n) is 2.03. The molecule has 3 heteroatoms. The van der Waals surface area contributed by atoms with E-state index in [0.717, 1.165) is 25.6 Å². The lowest BCUT2D eigenvalue weighted by atomic mass is 10.0. The molecule has 0 unspecified atom stereocenters. The Labute approximate surface area is 109 Å². The molecule has 0 saturated heterocycles. The highest BCUT2D eigenvalue weighted by Gasteiger charge is 2.20. The molecule has 0 N–H and O–H groups in total. The zero-order chi connectivity index (χ0) is 13.8. The Morgan fingerprint density at radius 1 is 1.11 bits per heavy atom. The third kappa shape index (κ3) is 4.37. The lowest BCUT2D eigenvalue weighted by Crippen LogP contribution is -2.43. The van der Waals surface area contributed by atoms with Gasteiger partial charge in [0.15, 0.2) is 0 Å². The van der Waals surface area contributed by atoms with Crippen LogP contribution < -0.4 is 0 Å². The van der Waals surface area contributed by atoms with Crippen molar-refractivity contribution in [3.05, 3.63) is 35.4 Å². The minimum atomic E-state index is -0.516. The molecule has 0 saturated carbocycles. The number of halogens is 2. The predicted molar refractivity (Wildman–Crippen MR) is 71.7 cm³/mol. The number of nitrogens with zero attached hydrogens (tertiary/aromatic N) is 1. The van der Waals surface area contributed by atoms with Crippen LogP contribution >= 0.6 is 0 Å². The molecule has 0 bridgehead atoms. The molecule has 0 aliphatic rings. The summed E-state index contributed by atoms with van der Waals surface area (Å²) in [5.41, 5.74) is 0.661. The molecule has 0 aliphatic carbocycles. The van der Waals surface area contributed by atoms with E-state index in [1.807, 2.05) is 0 Å². The normalized spacial score (nSPS) is 12.2. The lowest BCUT2D eigenvalue weighted by Gasteiger charge is -2.35. The zero-order valence-corrected chi connectivity index (χ0v) is 11.8. The molecule has 0 atom stereocenters. The smallest absolute Gasteiger partial charge is 0.129 e. The molecule has 0 fully saturated rings. The van der Waals surface area contributed by atoms with Gasteiger partial charge in [0.25, 0.3) is 0 Å². The molecule has 1 nitrogen and oxygen atoms in total. The van der Waals surface area contributed by atoms with Crippen molar-refractivity contribution in [2.24, 2.45) is 0 Å². The fourth-order valence-corrected chi connectivity index (χ4v) is 2.03. The molecule has 0 amide bonds. The van der Waals surface area contributed by atoms with Crippen molar-refractivity contribution in [1.29, 1.82) is 0 Å². The fraction of sp³-hybridized carbons (Fsp3) is 0.600. The zero-order valence-electron chi connectivity index (χ0n) is 11.8. The topological polar surface area (TPSA) is 3.24 Å². The summed E-state index contributed by atoms with van der Waals surface area (Å²) >= 11 is 0. The lowest BCUT2D eigenvalue weighted by molar-refractivity contribution is 0.138. The van der Waals surface area contributed by atoms with Crippen molar-refractivity contribution < 1.29 is 8.78 Å². The van der Waals surface area contributed by atoms with Gasteiger partial charge in [-0.1, -0.05) is 13.0 Å². The molecule has 102 valence electrons. The van der Waals surface area contributed by atoms with E-state index in [4.69, 9.17) is 0 Å². The van der Waals surface area contributed by atoms with E-state index in [-0.39, 0.29) is 5.54 Å². The van der Waals surface area contributed by atoms with Crippen LogP contribution in [0.1, 0.15) is 39.7 Å². The van der Waals surface area contributed by atoms with Crippen LogP contribution in [0, 0.1) is 11.6 Å². The van der Waals surface area contributed by atoms with Gasteiger partial charge in [0.1, 0.15) is 11.6 Å². The Bertz CT molecular complexity index is 383. The van der Waals surface area contributed by atoms with Crippen LogP contribution in [0.2, 0.25) is 0 Å². The van der Waals surface area contributed by atoms with E-state index in [9.17, 15) is 8.78 Å². The van der Waals surface area contributed by atoms with E-state index in [1.54, 1.807) is 0 Å². The average Bonchev–Trinajstić information content (AvgIpc) is 2.24. The maximum Gasteiger partial charge on any atom is 0.129 e. The van der Waals surface area contributed by atoms with Crippen molar-refractivity contribution in [3.8, 4) is 0 Å². The summed E-state index contributed by atoms with van der Waals surface area (Å²) in [6, 6.07) is 3.81. The summed E-state index contributed by atoms with van der Waals surface area (Å²) in [5.74, 6) is -0.960. The quantitative estimate of drug-likeness (QED) is 0.768. The third-order valence-corrected chi connectivity index (χ3v) is 3.11. The van der Waals surface area contributed by atoms with Crippen LogP contribution in [-0.4, -0.2) is 23.5 Å². The molecule has 0 spiro atoms. The van der Waals surface area contributed by atoms with E-state index < -0.39 is 11.6 Å². The van der Waals surface area contributed by atoms with Gasteiger partial charge in [-0.05, 0) is 51.8 Å². The Balaban J connectivity index is 2.67. The standard InChI is InChI=1S/C15H23F2N/c1-5-9-18(15(2,3)4)10-8-12-6-7-13(16)11-14(12)17/h6-7,11H,5,8-10H2,1-4H3. The molecular weight excluding hydrogens is 232 g/mol. The van der Waals surface area contributed by atoms with Crippen molar-refractivity contribution in [2.75, 3.05) is 13.1 Å². The first-order valence-corrected chi connectivity index (χ1v) is 6.53. The first kappa shape index (κ1) is 15.1. The minimum Gasteiger partial charge on any atom is -0.298 e. The summed E-state index contributed by atoms with van der Waals surface area (Å²) in [6.45, 7) is 10.4. The van der Waals surface area contributed by atoms with E-state index >= 15 is 0 Å². The average molecular weight is 255 g/mol. The maximum absolute atomic E-state index is 13.5. The third-order valence-electron chi connectivity index (χ3n) is 3.11. The van der Waals surface area contributed by atoms with Crippen LogP contribution in [0.4, 0.5) is 8.78 Å². The molecule has 1 aromatic rings. The first-order valence-electron chi connectivity index (χ1n) is 6.53. The number of rotatable bonds is 5. The SMILES string of the molecule is CCCN(CCc1ccc(F)cc1F)C(C)(C)C. The predicted octanol–water partition coefficient (Wildman–Crippen LogP) is 4.02. The Hall–Kier alpha value is -0.960. The van der Waals surface area contributed by atoms with Crippen LogP contribution in [0.3, 0.4) is 0 Å². The van der Waals surface area contributed by atoms with Gasteiger partial charge in [-0.15, -0.1) is 0 Å². The summed E-state index contributed by atoms with van der Waals surface area (Å²) < 4.78 is 26.3. The first-order chi connectivity index (χ1) is 8.34. The Morgan fingerprint density at radius 2 is 1.78 bits per heavy atom. The molecule has 1 aromatic carbocycles. The van der Waals surface area contributed by atoms with Crippen LogP contribution in [0.5, 0.6) is 0 Å². The minimum absolute atomic E-state index is 0.0759. The molecule has 0 radical (unpaired) electrons. The van der Waals surface area contributed by atoms with Gasteiger partial charge in [-0.25, -0.2) is 8.78 Å². The van der Waals surface area contributed by atoms with Gasteiger partial charge in [0.05, 0.1) is 0 Å². The van der Waals surface area contributed by atoms with E-state index in [2.05, 4.69) is 32.6 Å². The maximum atomic E-state index is 13.5. The second-order valence-corrected chi connectivity index (χ2v) is 5.64. The second kappa shape index (κ2) is 6.28. The van der Waals surface area contributed by atoms with Crippen LogP contribution in [-0.2, 0) is 6.42 Å². The van der Waals surface area contributed by atoms with Gasteiger partial charge in [0.2, 0.25) is 0 Å². The summed E-state index contributed by atoms with van der Waals surface area (Å²) in [7, 11) is 0. The van der Waals surface area contributed by atoms with Gasteiger partial charge in [-0.2, -0.15) is 0 Å². The Kier molecular flexibility index (Phi) is 5.27. The summed E-state index contributed by atoms with van der Waals surface area (Å²) in [5, 5.41) is 0. The van der Waals surface area contributed by atoms with Crippen molar-refractivity contribution in [3.63, 3.8) is 0 Å². The highest BCUT2D eigenvalue weighted by Crippen LogP contribution is 2.16. The van der Waals surface area contributed by atoms with Gasteiger partial charge >= 0.3 is 0 Å². The number of benzene rings is 1.